The fraction of sp³-hybridized carbons (Fsp3) is 0.476. The largest absolute Gasteiger partial charge is 0.431 e. The van der Waals surface area contributed by atoms with E-state index in [1.807, 2.05) is 6.07 Å². The molecule has 0 bridgehead atoms. The highest BCUT2D eigenvalue weighted by atomic mass is 19.4. The summed E-state index contributed by atoms with van der Waals surface area (Å²) in [5.41, 5.74) is 1.25. The zero-order valence-corrected chi connectivity index (χ0v) is 15.8. The van der Waals surface area contributed by atoms with Gasteiger partial charge in [-0.2, -0.15) is 18.4 Å². The van der Waals surface area contributed by atoms with Gasteiger partial charge in [-0.3, -0.25) is 9.59 Å². The third-order valence-corrected chi connectivity index (χ3v) is 3.89. The van der Waals surface area contributed by atoms with Gasteiger partial charge in [-0.25, -0.2) is 0 Å². The molecule has 0 unspecified atom stereocenters. The molecule has 0 saturated carbocycles. The van der Waals surface area contributed by atoms with Crippen molar-refractivity contribution in [3.8, 4) is 6.07 Å². The van der Waals surface area contributed by atoms with Crippen molar-refractivity contribution >= 4 is 17.8 Å². The molecule has 0 atom stereocenters. The molecule has 0 aliphatic heterocycles. The zero-order chi connectivity index (χ0) is 21.0. The van der Waals surface area contributed by atoms with Crippen molar-refractivity contribution in [2.24, 2.45) is 0 Å². The number of carbonyl (C=O) groups is 2. The van der Waals surface area contributed by atoms with Crippen LogP contribution in [0.5, 0.6) is 0 Å². The summed E-state index contributed by atoms with van der Waals surface area (Å²) in [6, 6.07) is 8.73. The van der Waals surface area contributed by atoms with Crippen molar-refractivity contribution < 1.29 is 27.5 Å². The number of unbranched alkanes of at least 4 members (excludes halogenated alkanes) is 4. The number of alkyl halides is 3. The van der Waals surface area contributed by atoms with Gasteiger partial charge in [0.1, 0.15) is 18.0 Å². The van der Waals surface area contributed by atoms with Gasteiger partial charge in [0, 0.05) is 12.8 Å². The molecule has 0 fully saturated rings. The Kier molecular flexibility index (Phi) is 10.0. The number of allylic oxidation sites excluding steroid dienone is 1. The number of carbonyl (C=O) groups excluding carboxylic acids is 2. The normalized spacial score (nSPS) is 11.8. The molecular formula is C21H24F3NO3. The third-order valence-electron chi connectivity index (χ3n) is 3.89. The van der Waals surface area contributed by atoms with E-state index in [2.05, 4.69) is 0 Å². The first-order valence-corrected chi connectivity index (χ1v) is 9.17. The maximum absolute atomic E-state index is 12.1. The quantitative estimate of drug-likeness (QED) is 0.208. The monoisotopic (exact) mass is 395 g/mol. The fourth-order valence-electron chi connectivity index (χ4n) is 2.53. The minimum Gasteiger partial charge on any atom is -0.431 e. The van der Waals surface area contributed by atoms with Crippen LogP contribution in [0.1, 0.15) is 69.4 Å². The lowest BCUT2D eigenvalue weighted by atomic mass is 10.1. The third kappa shape index (κ3) is 11.2. The highest BCUT2D eigenvalue weighted by molar-refractivity contribution is 5.94. The molecule has 0 radical (unpaired) electrons. The van der Waals surface area contributed by atoms with Crippen LogP contribution in [-0.2, 0) is 14.3 Å². The van der Waals surface area contributed by atoms with Crippen molar-refractivity contribution in [3.05, 3.63) is 41.2 Å². The highest BCUT2D eigenvalue weighted by Gasteiger charge is 2.25. The molecule has 0 spiro atoms. The number of hydrogen-bond acceptors (Lipinski definition) is 4. The number of Topliss-reactive ketones (excluding diaryl/α,β-unsaturated/α-hetero) is 1. The van der Waals surface area contributed by atoms with Crippen molar-refractivity contribution in [2.45, 2.75) is 64.5 Å². The van der Waals surface area contributed by atoms with E-state index in [0.717, 1.165) is 5.56 Å². The van der Waals surface area contributed by atoms with E-state index in [0.29, 0.717) is 43.4 Å². The molecule has 1 aromatic rings. The molecule has 1 rings (SSSR count). The first-order valence-electron chi connectivity index (χ1n) is 9.17. The van der Waals surface area contributed by atoms with Gasteiger partial charge in [-0.05, 0) is 43.5 Å². The Labute approximate surface area is 163 Å². The van der Waals surface area contributed by atoms with Crippen LogP contribution in [0.25, 0.3) is 6.08 Å². The van der Waals surface area contributed by atoms with Crippen molar-refractivity contribution in [1.82, 2.24) is 0 Å². The van der Waals surface area contributed by atoms with E-state index in [-0.39, 0.29) is 18.6 Å². The van der Waals surface area contributed by atoms with Crippen LogP contribution in [0.15, 0.2) is 30.0 Å². The minimum absolute atomic E-state index is 0.116. The molecule has 1 aromatic carbocycles. The van der Waals surface area contributed by atoms with Crippen LogP contribution in [0.3, 0.4) is 0 Å². The van der Waals surface area contributed by atoms with Crippen molar-refractivity contribution in [3.63, 3.8) is 0 Å². The Balaban J connectivity index is 2.58. The van der Waals surface area contributed by atoms with Gasteiger partial charge in [-0.15, -0.1) is 0 Å². The van der Waals surface area contributed by atoms with Gasteiger partial charge in [0.15, 0.2) is 0 Å². The maximum Gasteiger partial charge on any atom is 0.389 e. The summed E-state index contributed by atoms with van der Waals surface area (Å²) in [4.78, 5) is 22.9. The van der Waals surface area contributed by atoms with E-state index >= 15 is 0 Å². The predicted molar refractivity (Wildman–Crippen MR) is 98.9 cm³/mol. The molecule has 0 aliphatic rings. The summed E-state index contributed by atoms with van der Waals surface area (Å²) < 4.78 is 41.6. The topological polar surface area (TPSA) is 67.2 Å². The molecule has 0 N–H and O–H groups in total. The van der Waals surface area contributed by atoms with Gasteiger partial charge in [0.2, 0.25) is 0 Å². The molecule has 0 amide bonds. The second-order valence-corrected chi connectivity index (χ2v) is 6.58. The van der Waals surface area contributed by atoms with E-state index in [1.54, 1.807) is 30.3 Å². The molecule has 7 heteroatoms. The predicted octanol–water partition coefficient (Wildman–Crippen LogP) is 5.71. The SMILES string of the molecule is CC(=O)CC(=O)O/C(=C/c1ccc(C#N)cc1)CCCCCCCC(F)(F)F. The first kappa shape index (κ1) is 23.4. The number of hydrogen-bond donors (Lipinski definition) is 0. The summed E-state index contributed by atoms with van der Waals surface area (Å²) in [6.45, 7) is 1.30. The standard InChI is InChI=1S/C21H24F3NO3/c1-16(26)13-20(27)28-19(14-17-8-10-18(15-25)11-9-17)7-5-3-2-4-6-12-21(22,23)24/h8-11,14H,2-7,12-13H2,1H3/b19-14+. The first-order chi connectivity index (χ1) is 13.2. The summed E-state index contributed by atoms with van der Waals surface area (Å²) >= 11 is 0. The number of ketones is 1. The summed E-state index contributed by atoms with van der Waals surface area (Å²) in [7, 11) is 0. The summed E-state index contributed by atoms with van der Waals surface area (Å²) in [6.07, 6.45) is -0.436. The van der Waals surface area contributed by atoms with E-state index < -0.39 is 18.6 Å². The number of nitrogens with zero attached hydrogens (tertiary/aromatic N) is 1. The van der Waals surface area contributed by atoms with Crippen LogP contribution in [0.2, 0.25) is 0 Å². The van der Waals surface area contributed by atoms with Gasteiger partial charge in [-0.1, -0.05) is 31.4 Å². The zero-order valence-electron chi connectivity index (χ0n) is 15.8. The Morgan fingerprint density at radius 3 is 2.25 bits per heavy atom. The molecule has 0 heterocycles. The van der Waals surface area contributed by atoms with Crippen LogP contribution in [0, 0.1) is 11.3 Å². The second-order valence-electron chi connectivity index (χ2n) is 6.58. The molecular weight excluding hydrogens is 371 g/mol. The van der Waals surface area contributed by atoms with Crippen molar-refractivity contribution in [2.75, 3.05) is 0 Å². The van der Waals surface area contributed by atoms with Crippen LogP contribution in [0.4, 0.5) is 13.2 Å². The number of ether oxygens (including phenoxy) is 1. The Bertz CT molecular complexity index is 716. The molecule has 152 valence electrons. The average Bonchev–Trinajstić information content (AvgIpc) is 2.59. The second kappa shape index (κ2) is 12.0. The summed E-state index contributed by atoms with van der Waals surface area (Å²) in [5.74, 6) is -0.545. The van der Waals surface area contributed by atoms with Gasteiger partial charge < -0.3 is 4.74 Å². The fourth-order valence-corrected chi connectivity index (χ4v) is 2.53. The lowest BCUT2D eigenvalue weighted by Gasteiger charge is -2.09. The van der Waals surface area contributed by atoms with Crippen LogP contribution < -0.4 is 0 Å². The molecule has 0 saturated heterocycles. The van der Waals surface area contributed by atoms with Gasteiger partial charge >= 0.3 is 12.1 Å². The number of esters is 1. The smallest absolute Gasteiger partial charge is 0.389 e. The molecule has 28 heavy (non-hydrogen) atoms. The van der Waals surface area contributed by atoms with E-state index in [1.165, 1.54) is 6.92 Å². The Hall–Kier alpha value is -2.62. The Morgan fingerprint density at radius 2 is 1.68 bits per heavy atom. The number of benzene rings is 1. The highest BCUT2D eigenvalue weighted by Crippen LogP contribution is 2.23. The number of nitriles is 1. The average molecular weight is 395 g/mol. The molecule has 4 nitrogen and oxygen atoms in total. The van der Waals surface area contributed by atoms with Crippen LogP contribution >= 0.6 is 0 Å². The molecule has 0 aromatic heterocycles. The van der Waals surface area contributed by atoms with Gasteiger partial charge in [0.25, 0.3) is 0 Å². The summed E-state index contributed by atoms with van der Waals surface area (Å²) in [5, 5.41) is 8.83. The van der Waals surface area contributed by atoms with Gasteiger partial charge in [0.05, 0.1) is 11.6 Å². The Morgan fingerprint density at radius 1 is 1.07 bits per heavy atom. The maximum atomic E-state index is 12.1. The lowest BCUT2D eigenvalue weighted by molar-refractivity contribution is -0.142. The number of rotatable bonds is 11. The minimum atomic E-state index is -4.11. The van der Waals surface area contributed by atoms with Crippen LogP contribution in [-0.4, -0.2) is 17.9 Å². The lowest BCUT2D eigenvalue weighted by Crippen LogP contribution is -2.09. The molecule has 0 aliphatic carbocycles. The van der Waals surface area contributed by atoms with Crippen molar-refractivity contribution in [1.29, 1.82) is 5.26 Å². The van der Waals surface area contributed by atoms with E-state index in [4.69, 9.17) is 10.00 Å². The van der Waals surface area contributed by atoms with E-state index in [9.17, 15) is 22.8 Å². The number of halogens is 3.